The van der Waals surface area contributed by atoms with Crippen molar-refractivity contribution in [3.63, 3.8) is 0 Å². The van der Waals surface area contributed by atoms with Gasteiger partial charge in [-0.15, -0.1) is 0 Å². The molecule has 0 aliphatic carbocycles. The van der Waals surface area contributed by atoms with Crippen LogP contribution < -0.4 is 10.6 Å². The van der Waals surface area contributed by atoms with Gasteiger partial charge in [0.15, 0.2) is 0 Å². The van der Waals surface area contributed by atoms with E-state index in [1.165, 1.54) is 22.3 Å². The van der Waals surface area contributed by atoms with Crippen molar-refractivity contribution in [1.82, 2.24) is 15.2 Å². The molecule has 1 aromatic carbocycles. The molecule has 28 heavy (non-hydrogen) atoms. The minimum absolute atomic E-state index is 0.0343. The maximum absolute atomic E-state index is 14.4. The highest BCUT2D eigenvalue weighted by molar-refractivity contribution is 14.1. The molecule has 3 aromatic rings. The SMILES string of the molecule is CN[C@H]1C[C@H](O)N(C(=O)c2c(Nc3ccc(I)cc3F)sc3ncccc23)C1. The average molecular weight is 512 g/mol. The number of hydrogen-bond donors (Lipinski definition) is 3. The second kappa shape index (κ2) is 7.90. The number of thiophene rings is 1. The molecule has 2 atom stereocenters. The van der Waals surface area contributed by atoms with Gasteiger partial charge in [-0.25, -0.2) is 9.37 Å². The van der Waals surface area contributed by atoms with Gasteiger partial charge in [-0.2, -0.15) is 0 Å². The lowest BCUT2D eigenvalue weighted by molar-refractivity contribution is 0.0296. The first-order valence-electron chi connectivity index (χ1n) is 8.74. The number of benzene rings is 1. The van der Waals surface area contributed by atoms with Gasteiger partial charge in [0, 0.05) is 34.2 Å². The Morgan fingerprint density at radius 1 is 1.43 bits per heavy atom. The number of carbonyl (C=O) groups is 1. The monoisotopic (exact) mass is 512 g/mol. The summed E-state index contributed by atoms with van der Waals surface area (Å²) in [6, 6.07) is 8.48. The van der Waals surface area contributed by atoms with Crippen LogP contribution in [-0.2, 0) is 0 Å². The number of likely N-dealkylation sites (N-methyl/N-ethyl adjacent to an activating group) is 1. The van der Waals surface area contributed by atoms with Crippen LogP contribution in [0, 0.1) is 9.39 Å². The van der Waals surface area contributed by atoms with E-state index in [0.717, 1.165) is 3.57 Å². The zero-order valence-electron chi connectivity index (χ0n) is 14.9. The van der Waals surface area contributed by atoms with E-state index in [2.05, 4.69) is 15.6 Å². The molecule has 0 saturated carbocycles. The summed E-state index contributed by atoms with van der Waals surface area (Å²) in [5.41, 5.74) is 0.693. The molecule has 9 heteroatoms. The van der Waals surface area contributed by atoms with Crippen LogP contribution in [0.4, 0.5) is 15.1 Å². The van der Waals surface area contributed by atoms with E-state index in [1.807, 2.05) is 35.7 Å². The van der Waals surface area contributed by atoms with Gasteiger partial charge in [-0.3, -0.25) is 4.79 Å². The molecule has 3 heterocycles. The van der Waals surface area contributed by atoms with Crippen molar-refractivity contribution in [1.29, 1.82) is 0 Å². The number of hydrogen-bond acceptors (Lipinski definition) is 6. The Labute approximate surface area is 178 Å². The Kier molecular flexibility index (Phi) is 5.50. The van der Waals surface area contributed by atoms with Crippen molar-refractivity contribution in [3.8, 4) is 0 Å². The summed E-state index contributed by atoms with van der Waals surface area (Å²) in [5, 5.41) is 17.7. The van der Waals surface area contributed by atoms with Crippen molar-refractivity contribution in [3.05, 3.63) is 51.5 Å². The third-order valence-corrected chi connectivity index (χ3v) is 6.50. The zero-order chi connectivity index (χ0) is 19.8. The maximum Gasteiger partial charge on any atom is 0.259 e. The highest BCUT2D eigenvalue weighted by Gasteiger charge is 2.36. The number of fused-ring (bicyclic) bond motifs is 1. The molecule has 1 fully saturated rings. The van der Waals surface area contributed by atoms with Gasteiger partial charge in [0.25, 0.3) is 5.91 Å². The third-order valence-electron chi connectivity index (χ3n) is 4.80. The van der Waals surface area contributed by atoms with Gasteiger partial charge in [0.2, 0.25) is 0 Å². The first-order valence-corrected chi connectivity index (χ1v) is 10.6. The Bertz CT molecular complexity index is 1040. The minimum Gasteiger partial charge on any atom is -0.373 e. The summed E-state index contributed by atoms with van der Waals surface area (Å²) in [6.07, 6.45) is 1.26. The van der Waals surface area contributed by atoms with E-state index in [9.17, 15) is 14.3 Å². The van der Waals surface area contributed by atoms with E-state index >= 15 is 0 Å². The quantitative estimate of drug-likeness (QED) is 0.467. The van der Waals surface area contributed by atoms with E-state index in [-0.39, 0.29) is 17.6 Å². The molecule has 0 spiro atoms. The molecule has 1 amide bonds. The number of nitrogens with zero attached hydrogens (tertiary/aromatic N) is 2. The fourth-order valence-corrected chi connectivity index (χ4v) is 4.83. The second-order valence-electron chi connectivity index (χ2n) is 6.57. The summed E-state index contributed by atoms with van der Waals surface area (Å²) < 4.78 is 15.1. The Balaban J connectivity index is 1.76. The molecular formula is C19H18FIN4O2S. The smallest absolute Gasteiger partial charge is 0.259 e. The van der Waals surface area contributed by atoms with Crippen molar-refractivity contribution in [2.24, 2.45) is 0 Å². The van der Waals surface area contributed by atoms with E-state index < -0.39 is 12.0 Å². The van der Waals surface area contributed by atoms with Crippen LogP contribution in [-0.4, -0.2) is 46.8 Å². The number of likely N-dealkylation sites (tertiary alicyclic amines) is 1. The predicted molar refractivity (Wildman–Crippen MR) is 117 cm³/mol. The van der Waals surface area contributed by atoms with Crippen LogP contribution >= 0.6 is 33.9 Å². The van der Waals surface area contributed by atoms with E-state index in [4.69, 9.17) is 0 Å². The van der Waals surface area contributed by atoms with Crippen LogP contribution in [0.25, 0.3) is 10.2 Å². The molecule has 0 bridgehead atoms. The number of aliphatic hydroxyl groups is 1. The minimum atomic E-state index is -0.862. The van der Waals surface area contributed by atoms with Gasteiger partial charge in [-0.05, 0) is 60.0 Å². The average Bonchev–Trinajstić information content (AvgIpc) is 3.23. The molecule has 2 aromatic heterocycles. The normalized spacial score (nSPS) is 19.4. The number of aromatic nitrogens is 1. The largest absolute Gasteiger partial charge is 0.373 e. The van der Waals surface area contributed by atoms with Gasteiger partial charge >= 0.3 is 0 Å². The maximum atomic E-state index is 14.4. The number of amides is 1. The van der Waals surface area contributed by atoms with Crippen LogP contribution in [0.2, 0.25) is 0 Å². The summed E-state index contributed by atoms with van der Waals surface area (Å²) in [5.74, 6) is -0.690. The summed E-state index contributed by atoms with van der Waals surface area (Å²) in [4.78, 5) is 19.8. The molecule has 1 aliphatic heterocycles. The molecule has 4 rings (SSSR count). The van der Waals surface area contributed by atoms with Crippen molar-refractivity contribution in [2.75, 3.05) is 18.9 Å². The lowest BCUT2D eigenvalue weighted by atomic mass is 10.1. The molecule has 1 saturated heterocycles. The highest BCUT2D eigenvalue weighted by atomic mass is 127. The van der Waals surface area contributed by atoms with Crippen LogP contribution in [0.3, 0.4) is 0 Å². The summed E-state index contributed by atoms with van der Waals surface area (Å²) in [7, 11) is 1.81. The van der Waals surface area contributed by atoms with Gasteiger partial charge in [-0.1, -0.05) is 11.3 Å². The fraction of sp³-hybridized carbons (Fsp3) is 0.263. The molecule has 146 valence electrons. The number of aliphatic hydroxyl groups excluding tert-OH is 1. The molecule has 0 unspecified atom stereocenters. The Morgan fingerprint density at radius 3 is 2.96 bits per heavy atom. The van der Waals surface area contributed by atoms with E-state index in [0.29, 0.717) is 33.7 Å². The first-order chi connectivity index (χ1) is 13.5. The standard InChI is InChI=1S/C19H18FIN4O2S/c1-22-11-8-15(26)25(9-11)19(27)16-12-3-2-6-23-17(12)28-18(16)24-14-5-4-10(21)7-13(14)20/h2-7,11,15,22,24,26H,8-9H2,1H3/t11-,15-/m0/s1. The van der Waals surface area contributed by atoms with Gasteiger partial charge in [0.1, 0.15) is 21.9 Å². The van der Waals surface area contributed by atoms with Crippen LogP contribution in [0.15, 0.2) is 36.5 Å². The van der Waals surface area contributed by atoms with Crippen molar-refractivity contribution in [2.45, 2.75) is 18.7 Å². The number of anilines is 2. The Hall–Kier alpha value is -1.82. The van der Waals surface area contributed by atoms with E-state index in [1.54, 1.807) is 24.4 Å². The fourth-order valence-electron chi connectivity index (χ4n) is 3.33. The molecule has 0 radical (unpaired) electrons. The van der Waals surface area contributed by atoms with Gasteiger partial charge < -0.3 is 20.6 Å². The van der Waals surface area contributed by atoms with Crippen LogP contribution in [0.1, 0.15) is 16.8 Å². The third kappa shape index (κ3) is 3.59. The Morgan fingerprint density at radius 2 is 2.25 bits per heavy atom. The predicted octanol–water partition coefficient (Wildman–Crippen LogP) is 3.54. The first kappa shape index (κ1) is 19.5. The second-order valence-corrected chi connectivity index (χ2v) is 8.82. The summed E-state index contributed by atoms with van der Waals surface area (Å²) >= 11 is 3.34. The number of rotatable bonds is 4. The number of nitrogens with one attached hydrogen (secondary N) is 2. The van der Waals surface area contributed by atoms with Crippen molar-refractivity contribution >= 4 is 60.7 Å². The highest BCUT2D eigenvalue weighted by Crippen LogP contribution is 2.38. The van der Waals surface area contributed by atoms with Crippen LogP contribution in [0.5, 0.6) is 0 Å². The number of carbonyl (C=O) groups excluding carboxylic acids is 1. The molecule has 6 nitrogen and oxygen atoms in total. The molecule has 3 N–H and O–H groups in total. The number of halogens is 2. The zero-order valence-corrected chi connectivity index (χ0v) is 17.9. The molecular weight excluding hydrogens is 494 g/mol. The summed E-state index contributed by atoms with van der Waals surface area (Å²) in [6.45, 7) is 0.408. The lowest BCUT2D eigenvalue weighted by Crippen LogP contribution is -2.37. The topological polar surface area (TPSA) is 77.5 Å². The van der Waals surface area contributed by atoms with Crippen molar-refractivity contribution < 1.29 is 14.3 Å². The lowest BCUT2D eigenvalue weighted by Gasteiger charge is -2.21. The molecule has 1 aliphatic rings. The number of pyridine rings is 1. The van der Waals surface area contributed by atoms with Gasteiger partial charge in [0.05, 0.1) is 11.3 Å².